The molecule has 96 valence electrons. The van der Waals surface area contributed by atoms with Gasteiger partial charge in [-0.1, -0.05) is 20.3 Å². The molecule has 0 atom stereocenters. The van der Waals surface area contributed by atoms with Crippen molar-refractivity contribution in [2.75, 3.05) is 26.3 Å². The first-order chi connectivity index (χ1) is 7.54. The molecule has 16 heavy (non-hydrogen) atoms. The van der Waals surface area contributed by atoms with E-state index in [0.29, 0.717) is 13.2 Å². The standard InChI is InChI=1S/C12H26N2O2/c1-5-7-9-16-10-8-13-11(15)12(3,4)14-6-2/h14H,5-10H2,1-4H3,(H,13,15). The molecule has 0 radical (unpaired) electrons. The normalized spacial score (nSPS) is 11.5. The Morgan fingerprint density at radius 3 is 2.50 bits per heavy atom. The number of nitrogens with one attached hydrogen (secondary N) is 2. The second-order valence-corrected chi connectivity index (χ2v) is 4.38. The van der Waals surface area contributed by atoms with Gasteiger partial charge < -0.3 is 15.4 Å². The Labute approximate surface area is 99.1 Å². The maximum absolute atomic E-state index is 11.7. The van der Waals surface area contributed by atoms with Gasteiger partial charge in [0, 0.05) is 13.2 Å². The number of amides is 1. The van der Waals surface area contributed by atoms with Crippen molar-refractivity contribution in [3.8, 4) is 0 Å². The minimum Gasteiger partial charge on any atom is -0.380 e. The van der Waals surface area contributed by atoms with E-state index in [9.17, 15) is 4.79 Å². The fourth-order valence-electron chi connectivity index (χ4n) is 1.33. The van der Waals surface area contributed by atoms with Gasteiger partial charge in [0.1, 0.15) is 0 Å². The summed E-state index contributed by atoms with van der Waals surface area (Å²) >= 11 is 0. The van der Waals surface area contributed by atoms with E-state index in [1.807, 2.05) is 20.8 Å². The maximum atomic E-state index is 11.7. The smallest absolute Gasteiger partial charge is 0.239 e. The zero-order valence-corrected chi connectivity index (χ0v) is 11.1. The summed E-state index contributed by atoms with van der Waals surface area (Å²) in [7, 11) is 0. The Hall–Kier alpha value is -0.610. The third-order valence-corrected chi connectivity index (χ3v) is 2.36. The Balaban J connectivity index is 3.57. The van der Waals surface area contributed by atoms with E-state index in [1.54, 1.807) is 0 Å². The molecule has 1 amide bonds. The van der Waals surface area contributed by atoms with Crippen molar-refractivity contribution in [3.63, 3.8) is 0 Å². The molecule has 0 aromatic carbocycles. The molecular weight excluding hydrogens is 204 g/mol. The highest BCUT2D eigenvalue weighted by atomic mass is 16.5. The lowest BCUT2D eigenvalue weighted by Crippen LogP contribution is -2.53. The zero-order chi connectivity index (χ0) is 12.4. The van der Waals surface area contributed by atoms with E-state index in [-0.39, 0.29) is 5.91 Å². The van der Waals surface area contributed by atoms with Crippen LogP contribution in [0.4, 0.5) is 0 Å². The van der Waals surface area contributed by atoms with E-state index in [1.165, 1.54) is 0 Å². The van der Waals surface area contributed by atoms with Crippen LogP contribution in [0.3, 0.4) is 0 Å². The van der Waals surface area contributed by atoms with Crippen molar-refractivity contribution in [1.82, 2.24) is 10.6 Å². The zero-order valence-electron chi connectivity index (χ0n) is 11.1. The fraction of sp³-hybridized carbons (Fsp3) is 0.917. The molecule has 0 aromatic rings. The molecule has 0 fully saturated rings. The van der Waals surface area contributed by atoms with Crippen LogP contribution in [0.25, 0.3) is 0 Å². The fourth-order valence-corrected chi connectivity index (χ4v) is 1.33. The van der Waals surface area contributed by atoms with Crippen LogP contribution in [0.1, 0.15) is 40.5 Å². The molecule has 0 bridgehead atoms. The Morgan fingerprint density at radius 2 is 1.94 bits per heavy atom. The highest BCUT2D eigenvalue weighted by Gasteiger charge is 2.25. The van der Waals surface area contributed by atoms with Crippen molar-refractivity contribution in [3.05, 3.63) is 0 Å². The lowest BCUT2D eigenvalue weighted by Gasteiger charge is -2.24. The number of hydrogen-bond donors (Lipinski definition) is 2. The Bertz CT molecular complexity index is 193. The van der Waals surface area contributed by atoms with Crippen LogP contribution in [0, 0.1) is 0 Å². The summed E-state index contributed by atoms with van der Waals surface area (Å²) in [6, 6.07) is 0. The van der Waals surface area contributed by atoms with Crippen molar-refractivity contribution in [1.29, 1.82) is 0 Å². The van der Waals surface area contributed by atoms with Gasteiger partial charge in [0.15, 0.2) is 0 Å². The van der Waals surface area contributed by atoms with Gasteiger partial charge in [-0.05, 0) is 26.8 Å². The van der Waals surface area contributed by atoms with E-state index >= 15 is 0 Å². The van der Waals surface area contributed by atoms with Crippen molar-refractivity contribution in [2.24, 2.45) is 0 Å². The first-order valence-electron chi connectivity index (χ1n) is 6.15. The number of ether oxygens (including phenoxy) is 1. The van der Waals surface area contributed by atoms with Gasteiger partial charge in [-0.2, -0.15) is 0 Å². The summed E-state index contributed by atoms with van der Waals surface area (Å²) in [4.78, 5) is 11.7. The van der Waals surface area contributed by atoms with Crippen molar-refractivity contribution < 1.29 is 9.53 Å². The monoisotopic (exact) mass is 230 g/mol. The molecule has 4 heteroatoms. The van der Waals surface area contributed by atoms with E-state index in [0.717, 1.165) is 26.0 Å². The molecule has 0 aromatic heterocycles. The molecular formula is C12H26N2O2. The number of hydrogen-bond acceptors (Lipinski definition) is 3. The van der Waals surface area contributed by atoms with Gasteiger partial charge >= 0.3 is 0 Å². The number of rotatable bonds is 9. The number of carbonyl (C=O) groups is 1. The average molecular weight is 230 g/mol. The van der Waals surface area contributed by atoms with E-state index < -0.39 is 5.54 Å². The Kier molecular flexibility index (Phi) is 8.21. The van der Waals surface area contributed by atoms with Gasteiger partial charge in [-0.25, -0.2) is 0 Å². The van der Waals surface area contributed by atoms with Gasteiger partial charge in [-0.15, -0.1) is 0 Å². The number of unbranched alkanes of at least 4 members (excludes halogenated alkanes) is 1. The molecule has 4 nitrogen and oxygen atoms in total. The highest BCUT2D eigenvalue weighted by molar-refractivity contribution is 5.85. The lowest BCUT2D eigenvalue weighted by atomic mass is 10.1. The summed E-state index contributed by atoms with van der Waals surface area (Å²) < 4.78 is 5.36. The summed E-state index contributed by atoms with van der Waals surface area (Å²) in [5, 5.41) is 5.99. The topological polar surface area (TPSA) is 50.4 Å². The van der Waals surface area contributed by atoms with Crippen LogP contribution in [0.2, 0.25) is 0 Å². The van der Waals surface area contributed by atoms with Crippen LogP contribution in [0.5, 0.6) is 0 Å². The van der Waals surface area contributed by atoms with E-state index in [2.05, 4.69) is 17.6 Å². The molecule has 0 saturated carbocycles. The predicted octanol–water partition coefficient (Wildman–Crippen LogP) is 1.31. The van der Waals surface area contributed by atoms with Gasteiger partial charge in [0.2, 0.25) is 5.91 Å². The molecule has 0 heterocycles. The molecule has 2 N–H and O–H groups in total. The first kappa shape index (κ1) is 15.4. The molecule has 0 rings (SSSR count). The molecule has 0 unspecified atom stereocenters. The third kappa shape index (κ3) is 6.80. The molecule has 0 saturated heterocycles. The maximum Gasteiger partial charge on any atom is 0.239 e. The summed E-state index contributed by atoms with van der Waals surface area (Å²) in [5.74, 6) is 0.0217. The van der Waals surface area contributed by atoms with Crippen LogP contribution in [0.15, 0.2) is 0 Å². The summed E-state index contributed by atoms with van der Waals surface area (Å²) in [6.45, 7) is 10.6. The average Bonchev–Trinajstić information content (AvgIpc) is 2.22. The van der Waals surface area contributed by atoms with Crippen molar-refractivity contribution in [2.45, 2.75) is 46.1 Å². The minimum atomic E-state index is -0.502. The number of carbonyl (C=O) groups excluding carboxylic acids is 1. The minimum absolute atomic E-state index is 0.0217. The SMILES string of the molecule is CCCCOCCNC(=O)C(C)(C)NCC. The largest absolute Gasteiger partial charge is 0.380 e. The second-order valence-electron chi connectivity index (χ2n) is 4.38. The lowest BCUT2D eigenvalue weighted by molar-refractivity contribution is -0.126. The summed E-state index contributed by atoms with van der Waals surface area (Å²) in [6.07, 6.45) is 2.22. The highest BCUT2D eigenvalue weighted by Crippen LogP contribution is 2.00. The molecule has 0 aliphatic carbocycles. The van der Waals surface area contributed by atoms with Crippen molar-refractivity contribution >= 4 is 5.91 Å². The molecule has 0 aliphatic heterocycles. The number of likely N-dealkylation sites (N-methyl/N-ethyl adjacent to an activating group) is 1. The van der Waals surface area contributed by atoms with Crippen LogP contribution in [-0.4, -0.2) is 37.7 Å². The Morgan fingerprint density at radius 1 is 1.25 bits per heavy atom. The third-order valence-electron chi connectivity index (χ3n) is 2.36. The molecule has 0 spiro atoms. The quantitative estimate of drug-likeness (QED) is 0.587. The van der Waals surface area contributed by atoms with Crippen LogP contribution < -0.4 is 10.6 Å². The van der Waals surface area contributed by atoms with Gasteiger partial charge in [0.05, 0.1) is 12.1 Å². The molecule has 0 aliphatic rings. The predicted molar refractivity (Wildman–Crippen MR) is 66.5 cm³/mol. The van der Waals surface area contributed by atoms with Gasteiger partial charge in [-0.3, -0.25) is 4.79 Å². The first-order valence-corrected chi connectivity index (χ1v) is 6.15. The second kappa shape index (κ2) is 8.53. The van der Waals surface area contributed by atoms with Gasteiger partial charge in [0.25, 0.3) is 0 Å². The summed E-state index contributed by atoms with van der Waals surface area (Å²) in [5.41, 5.74) is -0.502. The van der Waals surface area contributed by atoms with Crippen LogP contribution >= 0.6 is 0 Å². The van der Waals surface area contributed by atoms with E-state index in [4.69, 9.17) is 4.74 Å². The van der Waals surface area contributed by atoms with Crippen LogP contribution in [-0.2, 0) is 9.53 Å².